The van der Waals surface area contributed by atoms with Crippen molar-refractivity contribution in [1.29, 1.82) is 0 Å². The van der Waals surface area contributed by atoms with E-state index in [1.165, 1.54) is 35.5 Å². The van der Waals surface area contributed by atoms with Crippen LogP contribution in [-0.4, -0.2) is 0 Å². The van der Waals surface area contributed by atoms with E-state index in [1.807, 2.05) is 0 Å². The van der Waals surface area contributed by atoms with Gasteiger partial charge in [0.15, 0.2) is 0 Å². The van der Waals surface area contributed by atoms with Crippen molar-refractivity contribution in [2.75, 3.05) is 0 Å². The Hall–Kier alpha value is 0. The predicted molar refractivity (Wildman–Crippen MR) is 48.6 cm³/mol. The Bertz CT molecular complexity index is 176. The summed E-state index contributed by atoms with van der Waals surface area (Å²) in [5.74, 6) is 7.29. The van der Waals surface area contributed by atoms with E-state index in [0.29, 0.717) is 0 Å². The molecule has 0 unspecified atom stereocenters. The zero-order chi connectivity index (χ0) is 7.71. The lowest BCUT2D eigenvalue weighted by molar-refractivity contribution is 0.146. The number of hydrogen-bond donors (Lipinski definition) is 0. The van der Waals surface area contributed by atoms with Gasteiger partial charge in [0.2, 0.25) is 0 Å². The third-order valence-corrected chi connectivity index (χ3v) is 5.65. The summed E-state index contributed by atoms with van der Waals surface area (Å²) in [7, 11) is 0. The third kappa shape index (κ3) is 0.561. The molecule has 0 aromatic heterocycles. The topological polar surface area (TPSA) is 0 Å². The second kappa shape index (κ2) is 1.91. The first kappa shape index (κ1) is 6.45. The van der Waals surface area contributed by atoms with Gasteiger partial charge in [0.05, 0.1) is 0 Å². The average molecular weight is 162 g/mol. The summed E-state index contributed by atoms with van der Waals surface area (Å²) in [6, 6.07) is 0. The summed E-state index contributed by atoms with van der Waals surface area (Å²) >= 11 is 0. The molecule has 66 valence electrons. The van der Waals surface area contributed by atoms with E-state index in [0.717, 1.165) is 0 Å². The SMILES string of the molecule is C1C[C@H]2C[C@@H]1C1C2[C@H]2CC[C@@H]1C2. The molecular weight excluding hydrogens is 144 g/mol. The molecule has 0 N–H and O–H groups in total. The molecule has 0 amide bonds. The summed E-state index contributed by atoms with van der Waals surface area (Å²) in [6.45, 7) is 0. The normalized spacial score (nSPS) is 66.0. The zero-order valence-electron chi connectivity index (χ0n) is 7.71. The summed E-state index contributed by atoms with van der Waals surface area (Å²) in [5, 5.41) is 0. The molecule has 0 saturated heterocycles. The molecule has 4 rings (SSSR count). The van der Waals surface area contributed by atoms with Crippen LogP contribution in [-0.2, 0) is 0 Å². The molecule has 4 aliphatic carbocycles. The fourth-order valence-corrected chi connectivity index (χ4v) is 5.53. The third-order valence-electron chi connectivity index (χ3n) is 5.65. The van der Waals surface area contributed by atoms with Gasteiger partial charge in [-0.05, 0) is 74.0 Å². The lowest BCUT2D eigenvalue weighted by Crippen LogP contribution is -2.27. The van der Waals surface area contributed by atoms with Crippen molar-refractivity contribution in [2.24, 2.45) is 35.5 Å². The van der Waals surface area contributed by atoms with Crippen LogP contribution < -0.4 is 0 Å². The van der Waals surface area contributed by atoms with Gasteiger partial charge in [0.25, 0.3) is 0 Å². The van der Waals surface area contributed by atoms with Gasteiger partial charge in [-0.2, -0.15) is 0 Å². The van der Waals surface area contributed by atoms with Crippen molar-refractivity contribution in [3.8, 4) is 0 Å². The van der Waals surface area contributed by atoms with Crippen LogP contribution in [0.25, 0.3) is 0 Å². The zero-order valence-corrected chi connectivity index (χ0v) is 7.71. The highest BCUT2D eigenvalue weighted by Crippen LogP contribution is 2.67. The fraction of sp³-hybridized carbons (Fsp3) is 1.00. The Morgan fingerprint density at radius 1 is 0.500 bits per heavy atom. The molecular formula is C12H18. The minimum absolute atomic E-state index is 1.20. The van der Waals surface area contributed by atoms with Gasteiger partial charge in [-0.15, -0.1) is 0 Å². The highest BCUT2D eigenvalue weighted by Gasteiger charge is 2.59. The molecule has 0 heterocycles. The lowest BCUT2D eigenvalue weighted by Gasteiger charge is -2.34. The Morgan fingerprint density at radius 2 is 0.833 bits per heavy atom. The molecule has 0 nitrogen and oxygen atoms in total. The van der Waals surface area contributed by atoms with E-state index >= 15 is 0 Å². The first-order valence-electron chi connectivity index (χ1n) is 5.93. The maximum atomic E-state index is 1.64. The van der Waals surface area contributed by atoms with Crippen molar-refractivity contribution in [3.63, 3.8) is 0 Å². The van der Waals surface area contributed by atoms with Gasteiger partial charge in [-0.1, -0.05) is 0 Å². The monoisotopic (exact) mass is 162 g/mol. The predicted octanol–water partition coefficient (Wildman–Crippen LogP) is 3.08. The smallest absolute Gasteiger partial charge is 0.0323 e. The number of rotatable bonds is 0. The van der Waals surface area contributed by atoms with Crippen LogP contribution in [0.4, 0.5) is 0 Å². The minimum atomic E-state index is 1.20. The van der Waals surface area contributed by atoms with Gasteiger partial charge < -0.3 is 0 Å². The molecule has 4 bridgehead atoms. The van der Waals surface area contributed by atoms with Crippen molar-refractivity contribution in [3.05, 3.63) is 0 Å². The molecule has 4 aliphatic rings. The first-order chi connectivity index (χ1) is 5.93. The molecule has 4 atom stereocenters. The van der Waals surface area contributed by atoms with Crippen LogP contribution in [0, 0.1) is 35.5 Å². The second-order valence-electron chi connectivity index (χ2n) is 5.82. The lowest BCUT2D eigenvalue weighted by atomic mass is 9.71. The van der Waals surface area contributed by atoms with Crippen molar-refractivity contribution in [2.45, 2.75) is 38.5 Å². The largest absolute Gasteiger partial charge is 0.0499 e. The number of fused-ring (bicyclic) bond motifs is 9. The second-order valence-corrected chi connectivity index (χ2v) is 5.82. The van der Waals surface area contributed by atoms with Crippen molar-refractivity contribution in [1.82, 2.24) is 0 Å². The van der Waals surface area contributed by atoms with Crippen LogP contribution in [0.1, 0.15) is 38.5 Å². The average Bonchev–Trinajstić information content (AvgIpc) is 2.83. The van der Waals surface area contributed by atoms with Crippen LogP contribution >= 0.6 is 0 Å². The van der Waals surface area contributed by atoms with Crippen molar-refractivity contribution < 1.29 is 0 Å². The maximum Gasteiger partial charge on any atom is -0.0323 e. The summed E-state index contributed by atoms with van der Waals surface area (Å²) in [6.07, 6.45) is 9.71. The molecule has 0 heteroatoms. The molecule has 0 spiro atoms. The van der Waals surface area contributed by atoms with E-state index in [2.05, 4.69) is 0 Å². The van der Waals surface area contributed by atoms with Crippen LogP contribution in [0.5, 0.6) is 0 Å². The summed E-state index contributed by atoms with van der Waals surface area (Å²) in [5.41, 5.74) is 0. The fourth-order valence-electron chi connectivity index (χ4n) is 5.53. The minimum Gasteiger partial charge on any atom is -0.0499 e. The van der Waals surface area contributed by atoms with Crippen LogP contribution in [0.2, 0.25) is 0 Å². The van der Waals surface area contributed by atoms with E-state index < -0.39 is 0 Å². The Kier molecular flexibility index (Phi) is 1.03. The van der Waals surface area contributed by atoms with Gasteiger partial charge in [0, 0.05) is 0 Å². The molecule has 0 aromatic rings. The van der Waals surface area contributed by atoms with E-state index in [-0.39, 0.29) is 0 Å². The van der Waals surface area contributed by atoms with E-state index in [1.54, 1.807) is 38.5 Å². The van der Waals surface area contributed by atoms with Gasteiger partial charge in [-0.25, -0.2) is 0 Å². The number of hydrogen-bond acceptors (Lipinski definition) is 0. The van der Waals surface area contributed by atoms with Gasteiger partial charge >= 0.3 is 0 Å². The summed E-state index contributed by atoms with van der Waals surface area (Å²) < 4.78 is 0. The van der Waals surface area contributed by atoms with E-state index in [4.69, 9.17) is 0 Å². The van der Waals surface area contributed by atoms with Gasteiger partial charge in [0.1, 0.15) is 0 Å². The Labute approximate surface area is 74.7 Å². The molecule has 0 aliphatic heterocycles. The first-order valence-corrected chi connectivity index (χ1v) is 5.93. The van der Waals surface area contributed by atoms with Crippen molar-refractivity contribution >= 4 is 0 Å². The van der Waals surface area contributed by atoms with E-state index in [9.17, 15) is 0 Å². The highest BCUT2D eigenvalue weighted by atomic mass is 14.6. The van der Waals surface area contributed by atoms with Crippen LogP contribution in [0.15, 0.2) is 0 Å². The standard InChI is InChI=1S/C12H18/c1-2-8-5-7(1)11-9-3-4-10(6-9)12(8)11/h7-12H,1-6H2/t7-,8+,9-,10+,11?,12?. The van der Waals surface area contributed by atoms with Gasteiger partial charge in [-0.3, -0.25) is 0 Å². The Morgan fingerprint density at radius 3 is 1.17 bits per heavy atom. The maximum absolute atomic E-state index is 1.64. The summed E-state index contributed by atoms with van der Waals surface area (Å²) in [4.78, 5) is 0. The molecule has 12 heavy (non-hydrogen) atoms. The Balaban J connectivity index is 1.77. The molecule has 4 fully saturated rings. The quantitative estimate of drug-likeness (QED) is 0.480. The molecule has 0 aromatic carbocycles. The highest BCUT2D eigenvalue weighted by molar-refractivity contribution is 5.08. The molecule has 0 radical (unpaired) electrons. The molecule has 4 saturated carbocycles. The van der Waals surface area contributed by atoms with Crippen LogP contribution in [0.3, 0.4) is 0 Å².